The van der Waals surface area contributed by atoms with E-state index in [1.165, 1.54) is 12.1 Å². The van der Waals surface area contributed by atoms with Gasteiger partial charge in [-0.15, -0.1) is 0 Å². The van der Waals surface area contributed by atoms with Gasteiger partial charge in [-0.2, -0.15) is 0 Å². The summed E-state index contributed by atoms with van der Waals surface area (Å²) in [4.78, 5) is 27.1. The molecule has 0 radical (unpaired) electrons. The predicted octanol–water partition coefficient (Wildman–Crippen LogP) is 3.44. The van der Waals surface area contributed by atoms with Gasteiger partial charge in [-0.05, 0) is 35.9 Å². The quantitative estimate of drug-likeness (QED) is 0.552. The molecule has 1 aromatic heterocycles. The molecular weight excluding hydrogens is 362 g/mol. The molecule has 28 heavy (non-hydrogen) atoms. The van der Waals surface area contributed by atoms with Gasteiger partial charge in [0, 0.05) is 30.1 Å². The molecule has 0 aliphatic carbocycles. The summed E-state index contributed by atoms with van der Waals surface area (Å²) < 4.78 is 11.3. The van der Waals surface area contributed by atoms with Crippen molar-refractivity contribution in [1.82, 2.24) is 4.98 Å². The number of nitrogens with zero attached hydrogens (tertiary/aromatic N) is 2. The van der Waals surface area contributed by atoms with Crippen molar-refractivity contribution in [3.8, 4) is 22.6 Å². The molecule has 1 atom stereocenters. The maximum absolute atomic E-state index is 12.7. The van der Waals surface area contributed by atoms with Crippen LogP contribution in [0, 0.1) is 10.1 Å². The number of non-ortho nitro benzene ring substituents is 1. The molecule has 0 saturated carbocycles. The average molecular weight is 377 g/mol. The molecule has 1 amide bonds. The molecule has 8 nitrogen and oxygen atoms in total. The van der Waals surface area contributed by atoms with Crippen molar-refractivity contribution in [3.63, 3.8) is 0 Å². The third kappa shape index (κ3) is 3.48. The first-order valence-corrected chi connectivity index (χ1v) is 8.50. The van der Waals surface area contributed by atoms with Crippen LogP contribution in [0.3, 0.4) is 0 Å². The van der Waals surface area contributed by atoms with E-state index in [1.54, 1.807) is 48.8 Å². The number of para-hydroxylation sites is 2. The summed E-state index contributed by atoms with van der Waals surface area (Å²) in [5.41, 5.74) is 1.85. The molecule has 0 saturated heterocycles. The molecule has 1 N–H and O–H groups in total. The lowest BCUT2D eigenvalue weighted by Crippen LogP contribution is -2.40. The Morgan fingerprint density at radius 3 is 2.61 bits per heavy atom. The number of nitro groups is 1. The Labute approximate surface area is 159 Å². The highest BCUT2D eigenvalue weighted by Crippen LogP contribution is 2.32. The van der Waals surface area contributed by atoms with Crippen molar-refractivity contribution in [2.24, 2.45) is 0 Å². The van der Waals surface area contributed by atoms with Crippen LogP contribution in [0.1, 0.15) is 0 Å². The highest BCUT2D eigenvalue weighted by Gasteiger charge is 2.27. The van der Waals surface area contributed by atoms with Gasteiger partial charge in [0.25, 0.3) is 11.6 Å². The fraction of sp³-hybridized carbons (Fsp3) is 0.100. The van der Waals surface area contributed by atoms with Gasteiger partial charge >= 0.3 is 0 Å². The smallest absolute Gasteiger partial charge is 0.269 e. The first-order chi connectivity index (χ1) is 13.6. The maximum atomic E-state index is 12.7. The maximum Gasteiger partial charge on any atom is 0.269 e. The number of fused-ring (bicyclic) bond motifs is 1. The van der Waals surface area contributed by atoms with Gasteiger partial charge in [-0.1, -0.05) is 12.1 Å². The number of nitrogens with one attached hydrogen (secondary N) is 1. The molecule has 1 aliphatic heterocycles. The minimum absolute atomic E-state index is 0.00959. The molecule has 2 heterocycles. The summed E-state index contributed by atoms with van der Waals surface area (Å²) in [6.07, 6.45) is 2.34. The number of aromatic nitrogens is 1. The molecule has 0 spiro atoms. The van der Waals surface area contributed by atoms with Crippen LogP contribution >= 0.6 is 0 Å². The summed E-state index contributed by atoms with van der Waals surface area (Å²) in [6.45, 7) is 0.0980. The van der Waals surface area contributed by atoms with Crippen molar-refractivity contribution in [3.05, 3.63) is 77.1 Å². The van der Waals surface area contributed by atoms with Gasteiger partial charge < -0.3 is 14.8 Å². The lowest BCUT2D eigenvalue weighted by molar-refractivity contribution is -0.384. The summed E-state index contributed by atoms with van der Waals surface area (Å²) in [6, 6.07) is 14.8. The molecule has 0 bridgehead atoms. The number of amides is 1. The topological polar surface area (TPSA) is 104 Å². The van der Waals surface area contributed by atoms with Crippen LogP contribution < -0.4 is 14.8 Å². The van der Waals surface area contributed by atoms with E-state index in [1.807, 2.05) is 6.07 Å². The molecular formula is C20H15N3O5. The van der Waals surface area contributed by atoms with Crippen LogP contribution in [0.25, 0.3) is 11.1 Å². The Bertz CT molecular complexity index is 1040. The number of ether oxygens (including phenoxy) is 2. The van der Waals surface area contributed by atoms with Crippen molar-refractivity contribution in [2.45, 2.75) is 6.10 Å². The normalized spacial score (nSPS) is 14.9. The van der Waals surface area contributed by atoms with E-state index in [4.69, 9.17) is 9.47 Å². The number of benzene rings is 2. The van der Waals surface area contributed by atoms with E-state index in [-0.39, 0.29) is 18.2 Å². The van der Waals surface area contributed by atoms with Crippen LogP contribution in [-0.4, -0.2) is 28.5 Å². The van der Waals surface area contributed by atoms with E-state index < -0.39 is 11.0 Å². The van der Waals surface area contributed by atoms with Gasteiger partial charge in [0.15, 0.2) is 11.5 Å². The zero-order valence-corrected chi connectivity index (χ0v) is 14.6. The number of hydrogen-bond donors (Lipinski definition) is 1. The number of pyridine rings is 1. The molecule has 2 aromatic carbocycles. The summed E-state index contributed by atoms with van der Waals surface area (Å²) in [7, 11) is 0. The van der Waals surface area contributed by atoms with Crippen molar-refractivity contribution < 1.29 is 19.2 Å². The SMILES string of the molecule is O=C(Nc1ccncc1-c1ccc([N+](=O)[O-])cc1)C1COc2ccccc2O1. The van der Waals surface area contributed by atoms with Crippen molar-refractivity contribution in [2.75, 3.05) is 11.9 Å². The van der Waals surface area contributed by atoms with E-state index in [9.17, 15) is 14.9 Å². The fourth-order valence-corrected chi connectivity index (χ4v) is 2.86. The number of nitro benzene ring substituents is 1. The minimum Gasteiger partial charge on any atom is -0.485 e. The zero-order valence-electron chi connectivity index (χ0n) is 14.6. The van der Waals surface area contributed by atoms with E-state index >= 15 is 0 Å². The van der Waals surface area contributed by atoms with Crippen molar-refractivity contribution >= 4 is 17.3 Å². The second-order valence-electron chi connectivity index (χ2n) is 6.08. The third-order valence-corrected chi connectivity index (χ3v) is 4.27. The first-order valence-electron chi connectivity index (χ1n) is 8.50. The van der Waals surface area contributed by atoms with Crippen LogP contribution in [0.15, 0.2) is 67.0 Å². The molecule has 4 rings (SSSR count). The van der Waals surface area contributed by atoms with Crippen LogP contribution in [0.5, 0.6) is 11.5 Å². The van der Waals surface area contributed by atoms with Crippen molar-refractivity contribution in [1.29, 1.82) is 0 Å². The standard InChI is InChI=1S/C20H15N3O5/c24-20(19-12-27-17-3-1-2-4-18(17)28-19)22-16-9-10-21-11-15(16)13-5-7-14(8-6-13)23(25)26/h1-11,19H,12H2,(H,21,22,24). The van der Waals surface area contributed by atoms with Gasteiger partial charge in [0.05, 0.1) is 10.6 Å². The monoisotopic (exact) mass is 377 g/mol. The Kier molecular flexibility index (Phi) is 4.59. The highest BCUT2D eigenvalue weighted by atomic mass is 16.6. The Morgan fingerprint density at radius 1 is 1.11 bits per heavy atom. The molecule has 1 unspecified atom stereocenters. The summed E-state index contributed by atoms with van der Waals surface area (Å²) >= 11 is 0. The lowest BCUT2D eigenvalue weighted by atomic mass is 10.1. The van der Waals surface area contributed by atoms with Gasteiger partial charge in [0.1, 0.15) is 6.61 Å². The number of hydrogen-bond acceptors (Lipinski definition) is 6. The fourth-order valence-electron chi connectivity index (χ4n) is 2.86. The van der Waals surface area contributed by atoms with Gasteiger partial charge in [-0.25, -0.2) is 0 Å². The number of carbonyl (C=O) groups is 1. The molecule has 1 aliphatic rings. The second kappa shape index (κ2) is 7.36. The molecule has 3 aromatic rings. The average Bonchev–Trinajstić information content (AvgIpc) is 2.74. The third-order valence-electron chi connectivity index (χ3n) is 4.27. The number of rotatable bonds is 4. The number of anilines is 1. The Morgan fingerprint density at radius 2 is 1.86 bits per heavy atom. The Hall–Kier alpha value is -3.94. The molecule has 140 valence electrons. The number of carbonyl (C=O) groups excluding carboxylic acids is 1. The summed E-state index contributed by atoms with van der Waals surface area (Å²) in [5, 5.41) is 13.7. The van der Waals surface area contributed by atoms with E-state index in [2.05, 4.69) is 10.3 Å². The largest absolute Gasteiger partial charge is 0.485 e. The zero-order chi connectivity index (χ0) is 19.5. The highest BCUT2D eigenvalue weighted by molar-refractivity contribution is 5.98. The van der Waals surface area contributed by atoms with Crippen LogP contribution in [-0.2, 0) is 4.79 Å². The first kappa shape index (κ1) is 17.5. The Balaban J connectivity index is 1.54. The van der Waals surface area contributed by atoms with Crippen LogP contribution in [0.4, 0.5) is 11.4 Å². The molecule has 0 fully saturated rings. The lowest BCUT2D eigenvalue weighted by Gasteiger charge is -2.25. The predicted molar refractivity (Wildman–Crippen MR) is 101 cm³/mol. The molecule has 8 heteroatoms. The van der Waals surface area contributed by atoms with E-state index in [0.717, 1.165) is 0 Å². The second-order valence-corrected chi connectivity index (χ2v) is 6.08. The van der Waals surface area contributed by atoms with Gasteiger partial charge in [-0.3, -0.25) is 19.9 Å². The summed E-state index contributed by atoms with van der Waals surface area (Å²) in [5.74, 6) is 0.755. The van der Waals surface area contributed by atoms with Crippen LogP contribution in [0.2, 0.25) is 0 Å². The minimum atomic E-state index is -0.798. The van der Waals surface area contributed by atoms with E-state index in [0.29, 0.717) is 28.3 Å². The van der Waals surface area contributed by atoms with Gasteiger partial charge in [0.2, 0.25) is 6.10 Å².